The average Bonchev–Trinajstić information content (AvgIpc) is 3.54. The molecular weight excluding hydrogens is 540 g/mol. The first-order valence-electron chi connectivity index (χ1n) is 15.0. The SMILES string of the molecule is COc1cccc([C@@H]2c3[nH]c4ccccc4c3C[C@H]3C(=O)N(c4ccccc4C(=O)NCCC4=CCCCC4)C(=O)N23)c1. The number of aromatic amines is 1. The van der Waals surface area contributed by atoms with Crippen LogP contribution < -0.4 is 15.0 Å². The van der Waals surface area contributed by atoms with E-state index < -0.39 is 18.1 Å². The zero-order valence-electron chi connectivity index (χ0n) is 24.1. The van der Waals surface area contributed by atoms with Crippen LogP contribution in [0.15, 0.2) is 84.4 Å². The normalized spacial score (nSPS) is 19.7. The molecule has 1 aliphatic carbocycles. The van der Waals surface area contributed by atoms with Crippen LogP contribution in [0.4, 0.5) is 10.5 Å². The van der Waals surface area contributed by atoms with Gasteiger partial charge in [0.25, 0.3) is 11.8 Å². The summed E-state index contributed by atoms with van der Waals surface area (Å²) in [6, 6.07) is 20.8. The summed E-state index contributed by atoms with van der Waals surface area (Å²) >= 11 is 0. The number of para-hydroxylation sites is 2. The highest BCUT2D eigenvalue weighted by Crippen LogP contribution is 2.45. The van der Waals surface area contributed by atoms with Gasteiger partial charge in [-0.2, -0.15) is 0 Å². The molecule has 0 unspecified atom stereocenters. The van der Waals surface area contributed by atoms with Gasteiger partial charge in [0.15, 0.2) is 0 Å². The molecule has 0 spiro atoms. The Bertz CT molecular complexity index is 1770. The summed E-state index contributed by atoms with van der Waals surface area (Å²) in [4.78, 5) is 48.4. The molecule has 2 atom stereocenters. The van der Waals surface area contributed by atoms with Crippen LogP contribution in [0.3, 0.4) is 0 Å². The fraction of sp³-hybridized carbons (Fsp3) is 0.286. The fourth-order valence-electron chi connectivity index (χ4n) is 6.88. The van der Waals surface area contributed by atoms with Crippen LogP contribution >= 0.6 is 0 Å². The van der Waals surface area contributed by atoms with E-state index in [-0.39, 0.29) is 11.8 Å². The third-order valence-corrected chi connectivity index (χ3v) is 8.96. The fourth-order valence-corrected chi connectivity index (χ4v) is 6.88. The number of nitrogens with one attached hydrogen (secondary N) is 2. The molecule has 0 saturated carbocycles. The Balaban J connectivity index is 1.25. The molecular formula is C35H34N4O4. The summed E-state index contributed by atoms with van der Waals surface area (Å²) in [5.74, 6) is 0.0394. The number of hydrogen-bond acceptors (Lipinski definition) is 4. The number of fused-ring (bicyclic) bond motifs is 4. The molecule has 43 heavy (non-hydrogen) atoms. The van der Waals surface area contributed by atoms with Crippen LogP contribution in [0.2, 0.25) is 0 Å². The van der Waals surface area contributed by atoms with Crippen LogP contribution in [0, 0.1) is 0 Å². The van der Waals surface area contributed by atoms with Crippen molar-refractivity contribution < 1.29 is 19.1 Å². The summed E-state index contributed by atoms with van der Waals surface area (Å²) in [7, 11) is 1.61. The standard InChI is InChI=1S/C35H34N4O4/c1-43-24-13-9-12-23(20-24)32-31-27(25-14-5-7-16-28(25)37-31)21-30-34(41)39(35(42)38(30)32)29-17-8-6-15-26(29)33(40)36-19-18-22-10-3-2-4-11-22/h5-10,12-17,20,30,32,37H,2-4,11,18-19,21H2,1H3,(H,36,40)/t30-,32+/m0/s1. The quantitative estimate of drug-likeness (QED) is 0.201. The van der Waals surface area contributed by atoms with Gasteiger partial charge in [-0.05, 0) is 73.6 Å². The monoisotopic (exact) mass is 574 g/mol. The maximum absolute atomic E-state index is 14.4. The van der Waals surface area contributed by atoms with Gasteiger partial charge < -0.3 is 15.0 Å². The van der Waals surface area contributed by atoms with E-state index in [0.717, 1.165) is 47.0 Å². The summed E-state index contributed by atoms with van der Waals surface area (Å²) in [6.07, 6.45) is 8.04. The second-order valence-electron chi connectivity index (χ2n) is 11.5. The Morgan fingerprint density at radius 1 is 1.02 bits per heavy atom. The number of ether oxygens (including phenoxy) is 1. The lowest BCUT2D eigenvalue weighted by Gasteiger charge is -2.36. The van der Waals surface area contributed by atoms with E-state index in [1.807, 2.05) is 48.5 Å². The number of amides is 4. The minimum absolute atomic E-state index is 0.293. The number of carbonyl (C=O) groups is 3. The highest BCUT2D eigenvalue weighted by molar-refractivity contribution is 6.24. The summed E-state index contributed by atoms with van der Waals surface area (Å²) in [5.41, 5.74) is 5.70. The average molecular weight is 575 g/mol. The summed E-state index contributed by atoms with van der Waals surface area (Å²) in [6.45, 7) is 0.509. The Morgan fingerprint density at radius 2 is 1.86 bits per heavy atom. The van der Waals surface area contributed by atoms with Gasteiger partial charge in [0.05, 0.1) is 18.4 Å². The third-order valence-electron chi connectivity index (χ3n) is 8.96. The molecule has 8 heteroatoms. The predicted molar refractivity (Wildman–Crippen MR) is 165 cm³/mol. The molecule has 1 aromatic heterocycles. The number of benzene rings is 3. The Labute approximate surface area is 250 Å². The number of rotatable bonds is 7. The summed E-state index contributed by atoms with van der Waals surface area (Å²) in [5, 5.41) is 4.06. The minimum Gasteiger partial charge on any atom is -0.497 e. The van der Waals surface area contributed by atoms with Crippen molar-refractivity contribution in [2.75, 3.05) is 18.6 Å². The zero-order chi connectivity index (χ0) is 29.5. The second-order valence-corrected chi connectivity index (χ2v) is 11.5. The van der Waals surface area contributed by atoms with Crippen LogP contribution in [-0.2, 0) is 11.2 Å². The first-order valence-corrected chi connectivity index (χ1v) is 15.0. The van der Waals surface area contributed by atoms with E-state index in [2.05, 4.69) is 16.4 Å². The molecule has 2 aliphatic heterocycles. The molecule has 0 bridgehead atoms. The molecule has 0 radical (unpaired) electrons. The largest absolute Gasteiger partial charge is 0.497 e. The molecule has 1 saturated heterocycles. The van der Waals surface area contributed by atoms with Crippen molar-refractivity contribution in [3.8, 4) is 5.75 Å². The van der Waals surface area contributed by atoms with E-state index in [9.17, 15) is 14.4 Å². The van der Waals surface area contributed by atoms with Crippen molar-refractivity contribution in [3.63, 3.8) is 0 Å². The lowest BCUT2D eigenvalue weighted by atomic mass is 9.89. The second kappa shape index (κ2) is 11.1. The molecule has 7 rings (SSSR count). The number of nitrogens with zero attached hydrogens (tertiary/aromatic N) is 2. The van der Waals surface area contributed by atoms with Crippen molar-refractivity contribution in [2.45, 2.75) is 50.6 Å². The number of hydrogen-bond donors (Lipinski definition) is 2. The van der Waals surface area contributed by atoms with Gasteiger partial charge in [-0.15, -0.1) is 0 Å². The number of allylic oxidation sites excluding steroid dienone is 1. The van der Waals surface area contributed by atoms with Crippen molar-refractivity contribution in [3.05, 3.63) is 107 Å². The van der Waals surface area contributed by atoms with Crippen molar-refractivity contribution in [2.24, 2.45) is 0 Å². The molecule has 2 N–H and O–H groups in total. The number of H-pyrrole nitrogens is 1. The molecule has 3 aliphatic rings. The highest BCUT2D eigenvalue weighted by Gasteiger charge is 2.53. The van der Waals surface area contributed by atoms with Gasteiger partial charge in [0, 0.05) is 29.6 Å². The predicted octanol–water partition coefficient (Wildman–Crippen LogP) is 6.28. The summed E-state index contributed by atoms with van der Waals surface area (Å²) < 4.78 is 5.52. The molecule has 4 amide bonds. The van der Waals surface area contributed by atoms with Gasteiger partial charge in [-0.1, -0.05) is 54.1 Å². The maximum atomic E-state index is 14.4. The minimum atomic E-state index is -0.718. The lowest BCUT2D eigenvalue weighted by Crippen LogP contribution is -2.44. The number of carbonyl (C=O) groups excluding carboxylic acids is 3. The Kier molecular flexibility index (Phi) is 6.97. The lowest BCUT2D eigenvalue weighted by molar-refractivity contribution is -0.120. The van der Waals surface area contributed by atoms with Crippen molar-refractivity contribution in [1.29, 1.82) is 0 Å². The highest BCUT2D eigenvalue weighted by atomic mass is 16.5. The first-order chi connectivity index (χ1) is 21.0. The maximum Gasteiger partial charge on any atom is 0.332 e. The molecule has 1 fully saturated rings. The number of urea groups is 1. The van der Waals surface area contributed by atoms with E-state index >= 15 is 0 Å². The Morgan fingerprint density at radius 3 is 2.70 bits per heavy atom. The Hall–Kier alpha value is -4.85. The molecule has 4 aromatic rings. The van der Waals surface area contributed by atoms with E-state index in [1.54, 1.807) is 36.3 Å². The van der Waals surface area contributed by atoms with Gasteiger partial charge >= 0.3 is 6.03 Å². The van der Waals surface area contributed by atoms with Crippen LogP contribution in [0.1, 0.15) is 65.3 Å². The molecule has 3 heterocycles. The van der Waals surface area contributed by atoms with Gasteiger partial charge in [-0.3, -0.25) is 14.5 Å². The van der Waals surface area contributed by atoms with Crippen molar-refractivity contribution >= 4 is 34.4 Å². The number of aromatic nitrogens is 1. The number of methoxy groups -OCH3 is 1. The van der Waals surface area contributed by atoms with Gasteiger partial charge in [0.1, 0.15) is 17.8 Å². The van der Waals surface area contributed by atoms with Crippen molar-refractivity contribution in [1.82, 2.24) is 15.2 Å². The van der Waals surface area contributed by atoms with Gasteiger partial charge in [-0.25, -0.2) is 9.69 Å². The smallest absolute Gasteiger partial charge is 0.332 e. The van der Waals surface area contributed by atoms with Crippen LogP contribution in [0.5, 0.6) is 5.75 Å². The zero-order valence-corrected chi connectivity index (χ0v) is 24.1. The molecule has 218 valence electrons. The van der Waals surface area contributed by atoms with E-state index in [4.69, 9.17) is 4.74 Å². The van der Waals surface area contributed by atoms with Gasteiger partial charge in [0.2, 0.25) is 0 Å². The van der Waals surface area contributed by atoms with Crippen LogP contribution in [-0.4, -0.2) is 47.4 Å². The van der Waals surface area contributed by atoms with E-state index in [1.165, 1.54) is 23.3 Å². The molecule has 8 nitrogen and oxygen atoms in total. The number of anilines is 1. The topological polar surface area (TPSA) is 94.7 Å². The number of imide groups is 1. The van der Waals surface area contributed by atoms with E-state index in [0.29, 0.717) is 30.0 Å². The first kappa shape index (κ1) is 27.0. The van der Waals surface area contributed by atoms with Crippen LogP contribution in [0.25, 0.3) is 10.9 Å². The molecule has 3 aromatic carbocycles. The third kappa shape index (κ3) is 4.67.